The lowest BCUT2D eigenvalue weighted by atomic mass is 9.43. The molecular weight excluding hydrogens is 468 g/mol. The molecule has 13 atom stereocenters. The average molecular weight is 517 g/mol. The smallest absolute Gasteiger partial charge is 0.302 e. The third-order valence-corrected chi connectivity index (χ3v) is 12.5. The van der Waals surface area contributed by atoms with Gasteiger partial charge >= 0.3 is 11.9 Å². The van der Waals surface area contributed by atoms with Gasteiger partial charge in [0.1, 0.15) is 12.2 Å². The molecule has 2 saturated heterocycles. The molecule has 0 bridgehead atoms. The van der Waals surface area contributed by atoms with Crippen LogP contribution in [0, 0.1) is 52.3 Å². The number of hydrogen-bond acceptors (Lipinski definition) is 6. The molecule has 6 aliphatic rings. The van der Waals surface area contributed by atoms with Gasteiger partial charge in [0.2, 0.25) is 0 Å². The Labute approximate surface area is 222 Å². The second-order valence-electron chi connectivity index (χ2n) is 14.4. The van der Waals surface area contributed by atoms with Crippen molar-refractivity contribution < 1.29 is 28.5 Å². The van der Waals surface area contributed by atoms with Crippen LogP contribution in [0.25, 0.3) is 0 Å². The quantitative estimate of drug-likeness (QED) is 0.425. The largest absolute Gasteiger partial charge is 0.463 e. The molecule has 0 aromatic heterocycles. The van der Waals surface area contributed by atoms with Crippen molar-refractivity contribution in [2.75, 3.05) is 6.61 Å². The molecule has 4 saturated carbocycles. The number of ether oxygens (including phenoxy) is 4. The summed E-state index contributed by atoms with van der Waals surface area (Å²) in [4.78, 5) is 24.0. The van der Waals surface area contributed by atoms with E-state index in [9.17, 15) is 9.59 Å². The molecule has 6 rings (SSSR count). The zero-order chi connectivity index (χ0) is 26.3. The van der Waals surface area contributed by atoms with Gasteiger partial charge in [-0.2, -0.15) is 0 Å². The summed E-state index contributed by atoms with van der Waals surface area (Å²) in [5, 5.41) is 0. The lowest BCUT2D eigenvalue weighted by Gasteiger charge is -2.62. The van der Waals surface area contributed by atoms with E-state index in [1.54, 1.807) is 6.92 Å². The maximum absolute atomic E-state index is 12.3. The lowest BCUT2D eigenvalue weighted by molar-refractivity contribution is -0.273. The highest BCUT2D eigenvalue weighted by atomic mass is 16.7. The Morgan fingerprint density at radius 2 is 1.54 bits per heavy atom. The first kappa shape index (κ1) is 26.1. The molecule has 6 fully saturated rings. The number of carbonyl (C=O) groups is 2. The fraction of sp³-hybridized carbons (Fsp3) is 0.935. The predicted molar refractivity (Wildman–Crippen MR) is 138 cm³/mol. The summed E-state index contributed by atoms with van der Waals surface area (Å²) in [6.07, 6.45) is 9.59. The van der Waals surface area contributed by atoms with Crippen molar-refractivity contribution >= 4 is 11.9 Å². The molecule has 0 N–H and O–H groups in total. The first-order valence-corrected chi connectivity index (χ1v) is 15.1. The minimum atomic E-state index is -0.383. The summed E-state index contributed by atoms with van der Waals surface area (Å²) >= 11 is 0. The summed E-state index contributed by atoms with van der Waals surface area (Å²) < 4.78 is 25.2. The Kier molecular flexibility index (Phi) is 6.31. The molecule has 1 spiro atoms. The van der Waals surface area contributed by atoms with E-state index in [1.165, 1.54) is 26.2 Å². The summed E-state index contributed by atoms with van der Waals surface area (Å²) in [5.74, 6) is 2.77. The molecule has 208 valence electrons. The molecular formula is C31H48O6. The van der Waals surface area contributed by atoms with E-state index in [0.717, 1.165) is 45.1 Å². The monoisotopic (exact) mass is 516 g/mol. The fourth-order valence-electron chi connectivity index (χ4n) is 10.9. The van der Waals surface area contributed by atoms with Gasteiger partial charge in [-0.3, -0.25) is 9.59 Å². The third kappa shape index (κ3) is 3.93. The number of rotatable bonds is 2. The van der Waals surface area contributed by atoms with Gasteiger partial charge in [0.25, 0.3) is 0 Å². The zero-order valence-electron chi connectivity index (χ0n) is 23.8. The normalized spacial score (nSPS) is 54.5. The van der Waals surface area contributed by atoms with Gasteiger partial charge < -0.3 is 18.9 Å². The maximum Gasteiger partial charge on any atom is 0.302 e. The van der Waals surface area contributed by atoms with Crippen LogP contribution in [0.2, 0.25) is 0 Å². The van der Waals surface area contributed by atoms with Crippen molar-refractivity contribution in [3.8, 4) is 0 Å². The van der Waals surface area contributed by atoms with Crippen molar-refractivity contribution in [3.05, 3.63) is 0 Å². The molecule has 2 aliphatic heterocycles. The molecule has 0 radical (unpaired) electrons. The summed E-state index contributed by atoms with van der Waals surface area (Å²) in [5.41, 5.74) is 0.342. The highest BCUT2D eigenvalue weighted by Gasteiger charge is 2.70. The number of hydrogen-bond donors (Lipinski definition) is 0. The average Bonchev–Trinajstić information content (AvgIpc) is 3.26. The highest BCUT2D eigenvalue weighted by Crippen LogP contribution is 2.71. The van der Waals surface area contributed by atoms with Crippen molar-refractivity contribution in [1.82, 2.24) is 0 Å². The van der Waals surface area contributed by atoms with Crippen LogP contribution >= 0.6 is 0 Å². The van der Waals surface area contributed by atoms with Gasteiger partial charge in [-0.15, -0.1) is 0 Å². The van der Waals surface area contributed by atoms with E-state index >= 15 is 0 Å². The first-order chi connectivity index (χ1) is 17.5. The SMILES string of the molecule is CC(=O)O[C@H]1CC[C@@]2(C)[C@H](C1)[C@H](OC(C)=O)C[C@@H]1[C@@H]2CC[C@]2(C)[C@@H]3[C@H](C[C@@H]12)O[C@]1(CC[C@@H](C)CO1)[C@H]3C. The Morgan fingerprint density at radius 1 is 0.811 bits per heavy atom. The molecule has 0 amide bonds. The Hall–Kier alpha value is -1.14. The molecule has 0 aromatic carbocycles. The van der Waals surface area contributed by atoms with E-state index < -0.39 is 0 Å². The Bertz CT molecular complexity index is 925. The van der Waals surface area contributed by atoms with Crippen molar-refractivity contribution in [2.45, 2.75) is 123 Å². The maximum atomic E-state index is 12.3. The fourth-order valence-corrected chi connectivity index (χ4v) is 10.9. The third-order valence-electron chi connectivity index (χ3n) is 12.5. The zero-order valence-corrected chi connectivity index (χ0v) is 23.8. The summed E-state index contributed by atoms with van der Waals surface area (Å²) in [6, 6.07) is 0. The van der Waals surface area contributed by atoms with Crippen LogP contribution in [0.3, 0.4) is 0 Å². The number of fused-ring (bicyclic) bond motifs is 7. The Balaban J connectivity index is 1.27. The minimum absolute atomic E-state index is 0.0615. The van der Waals surface area contributed by atoms with E-state index in [-0.39, 0.29) is 52.8 Å². The van der Waals surface area contributed by atoms with Crippen LogP contribution < -0.4 is 0 Å². The Morgan fingerprint density at radius 3 is 2.22 bits per heavy atom. The van der Waals surface area contributed by atoms with E-state index in [1.807, 2.05) is 0 Å². The molecule has 6 nitrogen and oxygen atoms in total. The first-order valence-electron chi connectivity index (χ1n) is 15.1. The second kappa shape index (κ2) is 8.94. The van der Waals surface area contributed by atoms with Crippen LogP contribution in [0.5, 0.6) is 0 Å². The lowest BCUT2D eigenvalue weighted by Crippen LogP contribution is -2.59. The second-order valence-corrected chi connectivity index (χ2v) is 14.4. The van der Waals surface area contributed by atoms with Crippen LogP contribution in [-0.2, 0) is 28.5 Å². The van der Waals surface area contributed by atoms with Crippen LogP contribution in [0.15, 0.2) is 0 Å². The van der Waals surface area contributed by atoms with Gasteiger partial charge in [-0.25, -0.2) is 0 Å². The van der Waals surface area contributed by atoms with Gasteiger partial charge in [0.05, 0.1) is 12.7 Å². The molecule has 0 aromatic rings. The van der Waals surface area contributed by atoms with Gasteiger partial charge in [-0.05, 0) is 91.8 Å². The molecule has 4 aliphatic carbocycles. The van der Waals surface area contributed by atoms with Crippen LogP contribution in [-0.4, -0.2) is 42.6 Å². The van der Waals surface area contributed by atoms with Crippen LogP contribution in [0.1, 0.15) is 99.3 Å². The number of carbonyl (C=O) groups excluding carboxylic acids is 2. The number of esters is 2. The topological polar surface area (TPSA) is 71.1 Å². The molecule has 37 heavy (non-hydrogen) atoms. The molecule has 6 heteroatoms. The van der Waals surface area contributed by atoms with Gasteiger partial charge in [-0.1, -0.05) is 27.7 Å². The minimum Gasteiger partial charge on any atom is -0.463 e. The van der Waals surface area contributed by atoms with E-state index in [4.69, 9.17) is 18.9 Å². The van der Waals surface area contributed by atoms with Crippen molar-refractivity contribution in [1.29, 1.82) is 0 Å². The van der Waals surface area contributed by atoms with Crippen LogP contribution in [0.4, 0.5) is 0 Å². The van der Waals surface area contributed by atoms with E-state index in [0.29, 0.717) is 35.5 Å². The van der Waals surface area contributed by atoms with Crippen molar-refractivity contribution in [3.63, 3.8) is 0 Å². The van der Waals surface area contributed by atoms with Gasteiger partial charge in [0.15, 0.2) is 5.79 Å². The van der Waals surface area contributed by atoms with Gasteiger partial charge in [0, 0.05) is 32.1 Å². The van der Waals surface area contributed by atoms with Crippen molar-refractivity contribution in [2.24, 2.45) is 52.3 Å². The summed E-state index contributed by atoms with van der Waals surface area (Å²) in [7, 11) is 0. The summed E-state index contributed by atoms with van der Waals surface area (Å²) in [6.45, 7) is 13.5. The molecule has 0 unspecified atom stereocenters. The highest BCUT2D eigenvalue weighted by molar-refractivity contribution is 5.66. The molecule has 2 heterocycles. The predicted octanol–water partition coefficient (Wildman–Crippen LogP) is 5.91. The standard InChI is InChI=1S/C31H48O6/c1-17-7-12-31(34-16-17)18(2)28-27(37-31)15-24-22-14-26(36-20(4)33)25-13-21(35-19(3)32)8-10-29(25,5)23(22)9-11-30(24,28)6/h17-18,21-28H,7-16H2,1-6H3/t17-,18+,21+,22-,23+,24+,25-,26-,27+,28+,29-,30+,31-/m1/s1. The van der Waals surface area contributed by atoms with E-state index in [2.05, 4.69) is 27.7 Å².